The minimum atomic E-state index is 0.256. The third-order valence-electron chi connectivity index (χ3n) is 2.99. The van der Waals surface area contributed by atoms with Crippen LogP contribution in [0.1, 0.15) is 20.3 Å². The molecule has 1 aromatic rings. The lowest BCUT2D eigenvalue weighted by atomic mass is 10.1. The van der Waals surface area contributed by atoms with E-state index in [-0.39, 0.29) is 6.10 Å². The van der Waals surface area contributed by atoms with Gasteiger partial charge in [0.05, 0.1) is 18.8 Å². The summed E-state index contributed by atoms with van der Waals surface area (Å²) >= 11 is 0. The van der Waals surface area contributed by atoms with Gasteiger partial charge < -0.3 is 15.4 Å². The number of nitrogens with two attached hydrogens (primary N) is 1. The van der Waals surface area contributed by atoms with E-state index in [4.69, 9.17) is 10.5 Å². The Hall–Kier alpha value is -1.29. The number of hydrogen-bond acceptors (Lipinski definition) is 4. The smallest absolute Gasteiger partial charge is 0.131 e. The van der Waals surface area contributed by atoms with Gasteiger partial charge in [-0.3, -0.25) is 0 Å². The second kappa shape index (κ2) is 4.70. The molecule has 0 amide bonds. The Morgan fingerprint density at radius 3 is 3.06 bits per heavy atom. The summed E-state index contributed by atoms with van der Waals surface area (Å²) < 4.78 is 5.66. The highest BCUT2D eigenvalue weighted by atomic mass is 16.5. The van der Waals surface area contributed by atoms with Crippen molar-refractivity contribution in [1.82, 2.24) is 4.98 Å². The first kappa shape index (κ1) is 11.2. The van der Waals surface area contributed by atoms with E-state index in [1.54, 1.807) is 0 Å². The normalized spacial score (nSPS) is 25.8. The summed E-state index contributed by atoms with van der Waals surface area (Å²) in [6, 6.07) is 6.18. The van der Waals surface area contributed by atoms with Crippen LogP contribution in [-0.2, 0) is 4.74 Å². The van der Waals surface area contributed by atoms with Crippen LogP contribution >= 0.6 is 0 Å². The van der Waals surface area contributed by atoms with E-state index in [0.717, 1.165) is 25.4 Å². The van der Waals surface area contributed by atoms with Crippen molar-refractivity contribution in [1.29, 1.82) is 0 Å². The van der Waals surface area contributed by atoms with E-state index < -0.39 is 0 Å². The largest absolute Gasteiger partial charge is 0.384 e. The second-order valence-electron chi connectivity index (χ2n) is 4.28. The molecule has 4 nitrogen and oxygen atoms in total. The molecule has 2 N–H and O–H groups in total. The predicted molar refractivity (Wildman–Crippen MR) is 65.5 cm³/mol. The van der Waals surface area contributed by atoms with Gasteiger partial charge in [0.15, 0.2) is 0 Å². The number of rotatable bonds is 2. The minimum Gasteiger partial charge on any atom is -0.384 e. The monoisotopic (exact) mass is 221 g/mol. The Kier molecular flexibility index (Phi) is 3.29. The average molecular weight is 221 g/mol. The van der Waals surface area contributed by atoms with E-state index in [2.05, 4.69) is 23.7 Å². The Balaban J connectivity index is 2.22. The van der Waals surface area contributed by atoms with Crippen molar-refractivity contribution in [2.45, 2.75) is 32.4 Å². The zero-order valence-electron chi connectivity index (χ0n) is 9.89. The molecule has 2 rings (SSSR count). The van der Waals surface area contributed by atoms with Gasteiger partial charge in [0.2, 0.25) is 0 Å². The summed E-state index contributed by atoms with van der Waals surface area (Å²) in [6.07, 6.45) is 1.31. The van der Waals surface area contributed by atoms with E-state index in [1.807, 2.05) is 18.2 Å². The topological polar surface area (TPSA) is 51.4 Å². The number of anilines is 2. The molecule has 2 atom stereocenters. The predicted octanol–water partition coefficient (Wildman–Crippen LogP) is 1.67. The summed E-state index contributed by atoms with van der Waals surface area (Å²) in [5, 5.41) is 0. The molecule has 1 aliphatic heterocycles. The molecule has 0 radical (unpaired) electrons. The van der Waals surface area contributed by atoms with Gasteiger partial charge in [-0.15, -0.1) is 0 Å². The van der Waals surface area contributed by atoms with Crippen molar-refractivity contribution in [3.05, 3.63) is 18.2 Å². The molecule has 1 aliphatic rings. The van der Waals surface area contributed by atoms with Crippen molar-refractivity contribution in [3.63, 3.8) is 0 Å². The first-order valence-electron chi connectivity index (χ1n) is 5.81. The Labute approximate surface area is 96.4 Å². The van der Waals surface area contributed by atoms with Crippen molar-refractivity contribution < 1.29 is 4.74 Å². The number of ether oxygens (including phenoxy) is 1. The van der Waals surface area contributed by atoms with E-state index in [9.17, 15) is 0 Å². The van der Waals surface area contributed by atoms with Gasteiger partial charge in [0.25, 0.3) is 0 Å². The lowest BCUT2D eigenvalue weighted by Gasteiger charge is -2.39. The summed E-state index contributed by atoms with van der Waals surface area (Å²) in [7, 11) is 0. The molecular weight excluding hydrogens is 202 g/mol. The first-order chi connectivity index (χ1) is 7.70. The molecule has 88 valence electrons. The fourth-order valence-electron chi connectivity index (χ4n) is 2.06. The van der Waals surface area contributed by atoms with Crippen LogP contribution in [-0.4, -0.2) is 30.3 Å². The second-order valence-corrected chi connectivity index (χ2v) is 4.28. The first-order valence-corrected chi connectivity index (χ1v) is 5.81. The summed E-state index contributed by atoms with van der Waals surface area (Å²) in [4.78, 5) is 6.67. The van der Waals surface area contributed by atoms with E-state index >= 15 is 0 Å². The molecule has 2 unspecified atom stereocenters. The van der Waals surface area contributed by atoms with E-state index in [0.29, 0.717) is 11.9 Å². The fourth-order valence-corrected chi connectivity index (χ4v) is 2.06. The maximum Gasteiger partial charge on any atom is 0.131 e. The number of nitrogen functional groups attached to an aromatic ring is 1. The quantitative estimate of drug-likeness (QED) is 0.825. The lowest BCUT2D eigenvalue weighted by Crippen LogP contribution is -2.49. The number of aromatic nitrogens is 1. The average Bonchev–Trinajstić information content (AvgIpc) is 2.29. The molecule has 2 heterocycles. The van der Waals surface area contributed by atoms with Gasteiger partial charge in [-0.1, -0.05) is 13.0 Å². The number of morpholine rings is 1. The summed E-state index contributed by atoms with van der Waals surface area (Å²) in [5.41, 5.74) is 5.72. The van der Waals surface area contributed by atoms with Gasteiger partial charge in [0.1, 0.15) is 11.6 Å². The Morgan fingerprint density at radius 2 is 2.38 bits per heavy atom. The standard InChI is InChI=1S/C12H19N3O/c1-3-10-8-16-9(2)7-15(10)12-6-4-5-11(13)14-12/h4-6,9-10H,3,7-8H2,1-2H3,(H2,13,14). The SMILES string of the molecule is CCC1COC(C)CN1c1cccc(N)n1. The molecule has 0 spiro atoms. The third kappa shape index (κ3) is 2.27. The highest BCUT2D eigenvalue weighted by Gasteiger charge is 2.26. The van der Waals surface area contributed by atoms with Crippen LogP contribution in [0.15, 0.2) is 18.2 Å². The van der Waals surface area contributed by atoms with Crippen LogP contribution < -0.4 is 10.6 Å². The molecule has 1 aromatic heterocycles. The highest BCUT2D eigenvalue weighted by Crippen LogP contribution is 2.22. The summed E-state index contributed by atoms with van der Waals surface area (Å²) in [5.74, 6) is 1.54. The van der Waals surface area contributed by atoms with E-state index in [1.165, 1.54) is 0 Å². The van der Waals surface area contributed by atoms with Crippen LogP contribution in [0.25, 0.3) is 0 Å². The van der Waals surface area contributed by atoms with Gasteiger partial charge in [-0.25, -0.2) is 4.98 Å². The molecule has 0 bridgehead atoms. The highest BCUT2D eigenvalue weighted by molar-refractivity contribution is 5.46. The Morgan fingerprint density at radius 1 is 1.56 bits per heavy atom. The molecular formula is C12H19N3O. The molecule has 1 saturated heterocycles. The maximum absolute atomic E-state index is 5.72. The Bertz CT molecular complexity index is 356. The van der Waals surface area contributed by atoms with Crippen molar-refractivity contribution in [2.24, 2.45) is 0 Å². The van der Waals surface area contributed by atoms with Crippen LogP contribution in [0.3, 0.4) is 0 Å². The molecule has 0 aliphatic carbocycles. The maximum atomic E-state index is 5.72. The summed E-state index contributed by atoms with van der Waals surface area (Å²) in [6.45, 7) is 5.91. The number of pyridine rings is 1. The van der Waals surface area contributed by atoms with Gasteiger partial charge in [-0.2, -0.15) is 0 Å². The van der Waals surface area contributed by atoms with Crippen LogP contribution in [0.4, 0.5) is 11.6 Å². The van der Waals surface area contributed by atoms with Gasteiger partial charge in [-0.05, 0) is 25.5 Å². The van der Waals surface area contributed by atoms with Crippen LogP contribution in [0.2, 0.25) is 0 Å². The molecule has 1 fully saturated rings. The number of nitrogens with zero attached hydrogens (tertiary/aromatic N) is 2. The van der Waals surface area contributed by atoms with Crippen molar-refractivity contribution in [3.8, 4) is 0 Å². The number of hydrogen-bond donors (Lipinski definition) is 1. The zero-order chi connectivity index (χ0) is 11.5. The zero-order valence-corrected chi connectivity index (χ0v) is 9.89. The van der Waals surface area contributed by atoms with Gasteiger partial charge >= 0.3 is 0 Å². The lowest BCUT2D eigenvalue weighted by molar-refractivity contribution is 0.0296. The minimum absolute atomic E-state index is 0.256. The third-order valence-corrected chi connectivity index (χ3v) is 2.99. The van der Waals surface area contributed by atoms with Gasteiger partial charge in [0, 0.05) is 6.54 Å². The molecule has 16 heavy (non-hydrogen) atoms. The molecule has 4 heteroatoms. The van der Waals surface area contributed by atoms with Crippen LogP contribution in [0, 0.1) is 0 Å². The molecule has 0 saturated carbocycles. The fraction of sp³-hybridized carbons (Fsp3) is 0.583. The van der Waals surface area contributed by atoms with Crippen LogP contribution in [0.5, 0.6) is 0 Å². The molecule has 0 aromatic carbocycles. The van der Waals surface area contributed by atoms with Crippen molar-refractivity contribution >= 4 is 11.6 Å². The van der Waals surface area contributed by atoms with Crippen molar-refractivity contribution in [2.75, 3.05) is 23.8 Å².